The van der Waals surface area contributed by atoms with Gasteiger partial charge in [0.1, 0.15) is 5.76 Å². The van der Waals surface area contributed by atoms with E-state index in [-0.39, 0.29) is 12.4 Å². The van der Waals surface area contributed by atoms with E-state index < -0.39 is 0 Å². The van der Waals surface area contributed by atoms with Crippen LogP contribution in [-0.4, -0.2) is 31.6 Å². The highest BCUT2D eigenvalue weighted by Crippen LogP contribution is 2.19. The molecule has 0 saturated heterocycles. The van der Waals surface area contributed by atoms with Crippen LogP contribution >= 0.6 is 12.2 Å². The van der Waals surface area contributed by atoms with E-state index in [1.54, 1.807) is 10.6 Å². The van der Waals surface area contributed by atoms with Crippen molar-refractivity contribution in [1.29, 1.82) is 0 Å². The van der Waals surface area contributed by atoms with Crippen LogP contribution in [0.15, 0.2) is 30.6 Å². The van der Waals surface area contributed by atoms with Crippen LogP contribution in [0.2, 0.25) is 0 Å². The Hall–Kier alpha value is -1.66. The highest BCUT2D eigenvalue weighted by Gasteiger charge is 2.13. The second kappa shape index (κ2) is 6.17. The number of aromatic nitrogens is 3. The fraction of sp³-hybridized carbons (Fsp3) is 0.273. The van der Waals surface area contributed by atoms with Crippen LogP contribution in [0.4, 0.5) is 0 Å². The van der Waals surface area contributed by atoms with Gasteiger partial charge in [0.25, 0.3) is 0 Å². The van der Waals surface area contributed by atoms with Gasteiger partial charge in [0.05, 0.1) is 12.2 Å². The van der Waals surface area contributed by atoms with Crippen molar-refractivity contribution < 1.29 is 10.2 Å². The monoisotopic (exact) mass is 253 g/mol. The summed E-state index contributed by atoms with van der Waals surface area (Å²) in [4.78, 5) is 0. The number of nitrogens with one attached hydrogen (secondary N) is 1. The number of rotatable bonds is 5. The zero-order valence-electron chi connectivity index (χ0n) is 9.55. The highest BCUT2D eigenvalue weighted by molar-refractivity contribution is 7.71. The van der Waals surface area contributed by atoms with Gasteiger partial charge < -0.3 is 14.8 Å². The molecule has 0 fully saturated rings. The molecule has 0 aromatic carbocycles. The first-order valence-corrected chi connectivity index (χ1v) is 5.55. The topological polar surface area (TPSA) is 74.1 Å². The van der Waals surface area contributed by atoms with Gasteiger partial charge in [-0.1, -0.05) is 12.7 Å². The number of hydrogen-bond acceptors (Lipinski definition) is 4. The molecule has 0 aliphatic heterocycles. The molecule has 17 heavy (non-hydrogen) atoms. The number of allylic oxidation sites excluding steroid dienone is 3. The SMILES string of the molecule is C=C/C=C(\C(O)=C/CO)c1n[nH]c(=S)n1CC. The van der Waals surface area contributed by atoms with E-state index in [1.807, 2.05) is 6.92 Å². The number of aromatic amines is 1. The van der Waals surface area contributed by atoms with Crippen LogP contribution in [0.3, 0.4) is 0 Å². The van der Waals surface area contributed by atoms with E-state index in [0.717, 1.165) is 0 Å². The molecular weight excluding hydrogens is 238 g/mol. The summed E-state index contributed by atoms with van der Waals surface area (Å²) in [6, 6.07) is 0. The fourth-order valence-corrected chi connectivity index (χ4v) is 1.67. The molecule has 1 rings (SSSR count). The molecule has 0 aliphatic carbocycles. The van der Waals surface area contributed by atoms with Crippen LogP contribution in [0.25, 0.3) is 5.57 Å². The maximum absolute atomic E-state index is 9.81. The predicted molar refractivity (Wildman–Crippen MR) is 69.1 cm³/mol. The first-order valence-electron chi connectivity index (χ1n) is 5.14. The third-order valence-electron chi connectivity index (χ3n) is 2.16. The Labute approximate surface area is 104 Å². The van der Waals surface area contributed by atoms with E-state index in [2.05, 4.69) is 16.8 Å². The Kier molecular flexibility index (Phi) is 4.86. The summed E-state index contributed by atoms with van der Waals surface area (Å²) >= 11 is 5.07. The number of aliphatic hydroxyl groups excluding tert-OH is 2. The van der Waals surface area contributed by atoms with Crippen molar-refractivity contribution in [3.8, 4) is 0 Å². The second-order valence-electron chi connectivity index (χ2n) is 3.18. The Bertz CT molecular complexity index is 511. The number of aliphatic hydroxyl groups is 2. The van der Waals surface area contributed by atoms with Crippen molar-refractivity contribution >= 4 is 17.8 Å². The first kappa shape index (κ1) is 13.4. The summed E-state index contributed by atoms with van der Waals surface area (Å²) in [5, 5.41) is 25.3. The van der Waals surface area contributed by atoms with Crippen molar-refractivity contribution in [3.63, 3.8) is 0 Å². The summed E-state index contributed by atoms with van der Waals surface area (Å²) in [5.74, 6) is 0.454. The molecule has 0 saturated carbocycles. The van der Waals surface area contributed by atoms with Crippen molar-refractivity contribution in [2.75, 3.05) is 6.61 Å². The first-order chi connectivity index (χ1) is 8.15. The van der Waals surface area contributed by atoms with E-state index in [0.29, 0.717) is 22.7 Å². The summed E-state index contributed by atoms with van der Waals surface area (Å²) in [5.41, 5.74) is 0.461. The van der Waals surface area contributed by atoms with Gasteiger partial charge in [-0.25, -0.2) is 0 Å². The minimum Gasteiger partial charge on any atom is -0.507 e. The van der Waals surface area contributed by atoms with Crippen LogP contribution in [0.5, 0.6) is 0 Å². The lowest BCUT2D eigenvalue weighted by Gasteiger charge is -2.07. The normalized spacial score (nSPS) is 12.8. The lowest BCUT2D eigenvalue weighted by molar-refractivity contribution is 0.333. The molecule has 0 amide bonds. The second-order valence-corrected chi connectivity index (χ2v) is 3.57. The average molecular weight is 253 g/mol. The number of nitrogens with zero attached hydrogens (tertiary/aromatic N) is 2. The van der Waals surface area contributed by atoms with Crippen molar-refractivity contribution in [2.24, 2.45) is 0 Å². The van der Waals surface area contributed by atoms with E-state index in [4.69, 9.17) is 17.3 Å². The molecule has 0 atom stereocenters. The maximum Gasteiger partial charge on any atom is 0.195 e. The molecule has 0 unspecified atom stereocenters. The van der Waals surface area contributed by atoms with Gasteiger partial charge in [0, 0.05) is 6.54 Å². The van der Waals surface area contributed by atoms with Crippen LogP contribution < -0.4 is 0 Å². The van der Waals surface area contributed by atoms with Gasteiger partial charge in [-0.2, -0.15) is 5.10 Å². The Morgan fingerprint density at radius 1 is 1.65 bits per heavy atom. The van der Waals surface area contributed by atoms with Gasteiger partial charge in [-0.15, -0.1) is 0 Å². The lowest BCUT2D eigenvalue weighted by Crippen LogP contribution is -2.03. The minimum atomic E-state index is -0.252. The van der Waals surface area contributed by atoms with Crippen molar-refractivity contribution in [2.45, 2.75) is 13.5 Å². The molecule has 1 aromatic rings. The number of H-pyrrole nitrogens is 1. The van der Waals surface area contributed by atoms with E-state index in [9.17, 15) is 5.11 Å². The molecule has 0 aliphatic rings. The van der Waals surface area contributed by atoms with Gasteiger partial charge >= 0.3 is 0 Å². The van der Waals surface area contributed by atoms with Crippen molar-refractivity contribution in [1.82, 2.24) is 14.8 Å². The van der Waals surface area contributed by atoms with E-state index >= 15 is 0 Å². The largest absolute Gasteiger partial charge is 0.507 e. The van der Waals surface area contributed by atoms with Gasteiger partial charge in [0.2, 0.25) is 0 Å². The molecule has 0 radical (unpaired) electrons. The Morgan fingerprint density at radius 2 is 2.35 bits per heavy atom. The summed E-state index contributed by atoms with van der Waals surface area (Å²) in [6.07, 6.45) is 4.43. The third kappa shape index (κ3) is 2.92. The molecule has 92 valence electrons. The molecule has 0 bridgehead atoms. The third-order valence-corrected chi connectivity index (χ3v) is 2.47. The van der Waals surface area contributed by atoms with E-state index in [1.165, 1.54) is 12.2 Å². The molecule has 1 heterocycles. The van der Waals surface area contributed by atoms with Crippen molar-refractivity contribution in [3.05, 3.63) is 41.2 Å². The Balaban J connectivity index is 3.34. The van der Waals surface area contributed by atoms with Gasteiger partial charge in [-0.05, 0) is 31.3 Å². The standard InChI is InChI=1S/C11H15N3O2S/c1-3-5-8(9(16)6-7-15)10-12-13-11(17)14(10)4-2/h3,5-6,15-16H,1,4,7H2,2H3,(H,13,17)/b8-5+,9-6+. The average Bonchev–Trinajstić information content (AvgIpc) is 2.67. The zero-order chi connectivity index (χ0) is 12.8. The van der Waals surface area contributed by atoms with Gasteiger partial charge in [0.15, 0.2) is 10.6 Å². The maximum atomic E-state index is 9.81. The Morgan fingerprint density at radius 3 is 2.88 bits per heavy atom. The van der Waals surface area contributed by atoms with Gasteiger partial charge in [-0.3, -0.25) is 5.10 Å². The van der Waals surface area contributed by atoms with Crippen LogP contribution in [-0.2, 0) is 6.54 Å². The molecule has 3 N–H and O–H groups in total. The summed E-state index contributed by atoms with van der Waals surface area (Å²) in [7, 11) is 0. The lowest BCUT2D eigenvalue weighted by atomic mass is 10.1. The van der Waals surface area contributed by atoms with Crippen LogP contribution in [0.1, 0.15) is 12.7 Å². The zero-order valence-corrected chi connectivity index (χ0v) is 10.4. The summed E-state index contributed by atoms with van der Waals surface area (Å²) in [6.45, 7) is 5.88. The number of hydrogen-bond donors (Lipinski definition) is 3. The quantitative estimate of drug-likeness (QED) is 0.426. The van der Waals surface area contributed by atoms with Crippen LogP contribution in [0, 0.1) is 4.77 Å². The molecule has 0 spiro atoms. The smallest absolute Gasteiger partial charge is 0.195 e. The minimum absolute atomic E-state index is 0.0592. The fourth-order valence-electron chi connectivity index (χ4n) is 1.41. The summed E-state index contributed by atoms with van der Waals surface area (Å²) < 4.78 is 2.22. The highest BCUT2D eigenvalue weighted by atomic mass is 32.1. The molecule has 5 nitrogen and oxygen atoms in total. The molecule has 1 aromatic heterocycles. The molecule has 6 heteroatoms. The molecular formula is C11H15N3O2S. The predicted octanol–water partition coefficient (Wildman–Crippen LogP) is 1.96.